The Balaban J connectivity index is 1.19. The van der Waals surface area contributed by atoms with E-state index in [2.05, 4.69) is 0 Å². The van der Waals surface area contributed by atoms with Gasteiger partial charge in [0.2, 0.25) is 0 Å². The molecule has 8 rings (SSSR count). The SMILES string of the molecule is CO[C@@H]1O[C@H](COCc2ccccc2)[C@H](O[C@H]2O[C@H](COCc3ccccc3)[C@H](OCc3ccccc3)[C@H](OCc3ccccc3)[C@H]2OCc2ccccc2)[C@H](OCc2ccccc2)[C@H]1OCCOS(C)(=O)=O. The van der Waals surface area contributed by atoms with Crippen molar-refractivity contribution >= 4 is 10.1 Å². The van der Waals surface area contributed by atoms with Crippen LogP contribution >= 0.6 is 0 Å². The predicted molar refractivity (Wildman–Crippen MR) is 272 cm³/mol. The minimum Gasteiger partial charge on any atom is -0.374 e. The number of hydrogen-bond acceptors (Lipinski definition) is 14. The largest absolute Gasteiger partial charge is 0.374 e. The molecule has 2 saturated heterocycles. The van der Waals surface area contributed by atoms with E-state index in [9.17, 15) is 8.42 Å². The molecule has 2 aliphatic rings. The third-order valence-corrected chi connectivity index (χ3v) is 12.9. The van der Waals surface area contributed by atoms with Crippen LogP contribution in [0.25, 0.3) is 0 Å². The number of hydrogen-bond donors (Lipinski definition) is 0. The first kappa shape index (κ1) is 54.1. The van der Waals surface area contributed by atoms with Crippen molar-refractivity contribution in [3.05, 3.63) is 215 Å². The molecule has 0 N–H and O–H groups in total. The Labute approximate surface area is 429 Å². The van der Waals surface area contributed by atoms with Crippen molar-refractivity contribution in [1.29, 1.82) is 0 Å². The first-order chi connectivity index (χ1) is 35.8. The van der Waals surface area contributed by atoms with E-state index in [4.69, 9.17) is 56.3 Å². The molecular formula is C58H66O14S. The van der Waals surface area contributed by atoms with Crippen LogP contribution in [0.5, 0.6) is 0 Å². The van der Waals surface area contributed by atoms with Gasteiger partial charge in [-0.25, -0.2) is 0 Å². The standard InChI is InChI=1S/C58H66O14S/c1-61-57-55(64-33-34-69-73(2,59)60)54(67-39-47-29-17-7-18-30-47)52(50(70-57)42-63-36-44-23-11-4-12-24-44)72-58-56(68-40-48-31-19-8-20-32-48)53(66-38-46-27-15-6-16-28-46)51(65-37-45-25-13-5-14-26-45)49(71-58)41-62-35-43-21-9-3-10-22-43/h3-32,49-58H,33-42H2,1-2H3/t49-,50-,51+,52+,53+,54+,55-,56-,57-,58-/m1/s1. The van der Waals surface area contributed by atoms with Crippen molar-refractivity contribution in [2.75, 3.05) is 39.8 Å². The second kappa shape index (κ2) is 28.5. The van der Waals surface area contributed by atoms with Crippen LogP contribution in [0.15, 0.2) is 182 Å². The predicted octanol–water partition coefficient (Wildman–Crippen LogP) is 8.60. The van der Waals surface area contributed by atoms with E-state index in [0.29, 0.717) is 6.61 Å². The molecule has 6 aromatic rings. The van der Waals surface area contributed by atoms with E-state index >= 15 is 0 Å². The number of ether oxygens (including phenoxy) is 11. The fourth-order valence-corrected chi connectivity index (χ4v) is 9.12. The zero-order valence-corrected chi connectivity index (χ0v) is 42.1. The van der Waals surface area contributed by atoms with Gasteiger partial charge in [-0.2, -0.15) is 8.42 Å². The molecule has 73 heavy (non-hydrogen) atoms. The molecule has 6 aromatic carbocycles. The van der Waals surface area contributed by atoms with E-state index in [1.54, 1.807) is 0 Å². The Kier molecular flexibility index (Phi) is 21.1. The first-order valence-corrected chi connectivity index (χ1v) is 26.4. The highest BCUT2D eigenvalue weighted by Gasteiger charge is 2.54. The van der Waals surface area contributed by atoms with Crippen molar-refractivity contribution in [2.45, 2.75) is 101 Å². The third kappa shape index (κ3) is 16.9. The maximum Gasteiger partial charge on any atom is 0.264 e. The van der Waals surface area contributed by atoms with E-state index in [1.165, 1.54) is 7.11 Å². The van der Waals surface area contributed by atoms with E-state index in [0.717, 1.165) is 39.6 Å². The lowest BCUT2D eigenvalue weighted by atomic mass is 9.95. The summed E-state index contributed by atoms with van der Waals surface area (Å²) < 4.78 is 104. The van der Waals surface area contributed by atoms with Gasteiger partial charge in [-0.3, -0.25) is 4.18 Å². The zero-order valence-electron chi connectivity index (χ0n) is 41.3. The van der Waals surface area contributed by atoms with Gasteiger partial charge in [0.25, 0.3) is 10.1 Å². The van der Waals surface area contributed by atoms with Gasteiger partial charge in [0.15, 0.2) is 12.6 Å². The summed E-state index contributed by atoms with van der Waals surface area (Å²) in [6.45, 7) is 1.12. The molecule has 0 aromatic heterocycles. The van der Waals surface area contributed by atoms with Crippen molar-refractivity contribution in [2.24, 2.45) is 0 Å². The van der Waals surface area contributed by atoms with Gasteiger partial charge in [-0.15, -0.1) is 0 Å². The Morgan fingerprint density at radius 1 is 0.384 bits per heavy atom. The molecule has 14 nitrogen and oxygen atoms in total. The highest BCUT2D eigenvalue weighted by atomic mass is 32.2. The molecule has 0 radical (unpaired) electrons. The molecule has 0 spiro atoms. The van der Waals surface area contributed by atoms with Crippen molar-refractivity contribution in [3.63, 3.8) is 0 Å². The monoisotopic (exact) mass is 1020 g/mol. The molecule has 0 aliphatic carbocycles. The molecule has 15 heteroatoms. The second-order valence-corrected chi connectivity index (χ2v) is 19.5. The summed E-state index contributed by atoms with van der Waals surface area (Å²) in [6.07, 6.45) is -8.19. The molecule has 2 fully saturated rings. The molecular weight excluding hydrogens is 953 g/mol. The first-order valence-electron chi connectivity index (χ1n) is 24.6. The lowest BCUT2D eigenvalue weighted by Crippen LogP contribution is -2.66. The molecule has 0 saturated carbocycles. The van der Waals surface area contributed by atoms with Gasteiger partial charge in [0.1, 0.15) is 48.8 Å². The van der Waals surface area contributed by atoms with Gasteiger partial charge >= 0.3 is 0 Å². The van der Waals surface area contributed by atoms with Crippen LogP contribution in [0, 0.1) is 0 Å². The lowest BCUT2D eigenvalue weighted by molar-refractivity contribution is -0.375. The molecule has 0 amide bonds. The Hall–Kier alpha value is -5.21. The van der Waals surface area contributed by atoms with Crippen molar-refractivity contribution < 1.29 is 64.7 Å². The van der Waals surface area contributed by atoms with Gasteiger partial charge in [-0.1, -0.05) is 182 Å². The second-order valence-electron chi connectivity index (χ2n) is 17.8. The summed E-state index contributed by atoms with van der Waals surface area (Å²) in [4.78, 5) is 0. The normalized spacial score (nSPS) is 24.3. The minimum atomic E-state index is -3.77. The minimum absolute atomic E-state index is 0.0388. The quantitative estimate of drug-likeness (QED) is 0.0342. The summed E-state index contributed by atoms with van der Waals surface area (Å²) in [5, 5.41) is 0. The van der Waals surface area contributed by atoms with Gasteiger partial charge in [0, 0.05) is 7.11 Å². The maximum atomic E-state index is 12.0. The molecule has 2 aliphatic heterocycles. The Bertz CT molecular complexity index is 2550. The van der Waals surface area contributed by atoms with Gasteiger partial charge < -0.3 is 52.1 Å². The number of methoxy groups -OCH3 is 1. The van der Waals surface area contributed by atoms with Crippen LogP contribution in [-0.2, 0) is 106 Å². The average molecular weight is 1020 g/mol. The van der Waals surface area contributed by atoms with Crippen LogP contribution in [-0.4, -0.2) is 110 Å². The fraction of sp³-hybridized carbons (Fsp3) is 0.379. The maximum absolute atomic E-state index is 12.0. The van der Waals surface area contributed by atoms with Crippen LogP contribution in [0.1, 0.15) is 33.4 Å². The molecule has 10 atom stereocenters. The Morgan fingerprint density at radius 2 is 0.712 bits per heavy atom. The fourth-order valence-electron chi connectivity index (χ4n) is 8.75. The van der Waals surface area contributed by atoms with Crippen LogP contribution in [0.4, 0.5) is 0 Å². The molecule has 388 valence electrons. The summed E-state index contributed by atoms with van der Waals surface area (Å²) >= 11 is 0. The van der Waals surface area contributed by atoms with Crippen LogP contribution in [0.3, 0.4) is 0 Å². The lowest BCUT2D eigenvalue weighted by Gasteiger charge is -2.50. The van der Waals surface area contributed by atoms with E-state index in [-0.39, 0.29) is 59.5 Å². The summed E-state index contributed by atoms with van der Waals surface area (Å²) in [5.74, 6) is 0. The number of benzene rings is 6. The summed E-state index contributed by atoms with van der Waals surface area (Å²) in [7, 11) is -2.26. The van der Waals surface area contributed by atoms with Crippen LogP contribution in [0.2, 0.25) is 0 Å². The van der Waals surface area contributed by atoms with E-state index < -0.39 is 71.5 Å². The molecule has 0 unspecified atom stereocenters. The van der Waals surface area contributed by atoms with Crippen molar-refractivity contribution in [3.8, 4) is 0 Å². The summed E-state index contributed by atoms with van der Waals surface area (Å²) in [6, 6.07) is 59.2. The zero-order chi connectivity index (χ0) is 50.5. The van der Waals surface area contributed by atoms with Gasteiger partial charge in [0.05, 0.1) is 72.3 Å². The van der Waals surface area contributed by atoms with Crippen LogP contribution < -0.4 is 0 Å². The average Bonchev–Trinajstić information content (AvgIpc) is 3.42. The summed E-state index contributed by atoms with van der Waals surface area (Å²) in [5.41, 5.74) is 5.67. The smallest absolute Gasteiger partial charge is 0.264 e. The third-order valence-electron chi connectivity index (χ3n) is 12.3. The Morgan fingerprint density at radius 3 is 1.11 bits per heavy atom. The molecule has 0 bridgehead atoms. The molecule has 2 heterocycles. The highest BCUT2D eigenvalue weighted by Crippen LogP contribution is 2.37. The van der Waals surface area contributed by atoms with Crippen molar-refractivity contribution in [1.82, 2.24) is 0 Å². The van der Waals surface area contributed by atoms with Gasteiger partial charge in [-0.05, 0) is 33.4 Å². The van der Waals surface area contributed by atoms with E-state index in [1.807, 2.05) is 182 Å². The highest BCUT2D eigenvalue weighted by molar-refractivity contribution is 7.85. The number of rotatable bonds is 28. The topological polar surface area (TPSA) is 145 Å².